The van der Waals surface area contributed by atoms with Crippen LogP contribution in [0.2, 0.25) is 0 Å². The Labute approximate surface area is 121 Å². The Morgan fingerprint density at radius 3 is 2.43 bits per heavy atom. The van der Waals surface area contributed by atoms with Crippen LogP contribution in [0, 0.1) is 0 Å². The number of likely N-dealkylation sites (N-methyl/N-ethyl adjacent to an activating group) is 1. The fourth-order valence-corrected chi connectivity index (χ4v) is 1.67. The zero-order chi connectivity index (χ0) is 15.9. The van der Waals surface area contributed by atoms with Gasteiger partial charge in [0.2, 0.25) is 5.91 Å². The predicted octanol–water partition coefficient (Wildman–Crippen LogP) is 1.90. The highest BCUT2D eigenvalue weighted by molar-refractivity contribution is 5.77. The number of rotatable bonds is 7. The molecule has 0 saturated carbocycles. The maximum atomic E-state index is 12.4. The van der Waals surface area contributed by atoms with Gasteiger partial charge in [0.15, 0.2) is 0 Å². The number of hydrogen-bond donors (Lipinski definition) is 1. The molecule has 0 atom stereocenters. The van der Waals surface area contributed by atoms with Crippen LogP contribution >= 0.6 is 0 Å². The van der Waals surface area contributed by atoms with Crippen molar-refractivity contribution in [1.29, 1.82) is 0 Å². The number of halogens is 3. The first-order valence-electron chi connectivity index (χ1n) is 6.44. The summed E-state index contributed by atoms with van der Waals surface area (Å²) >= 11 is 0. The lowest BCUT2D eigenvalue weighted by Gasteiger charge is -2.18. The number of nitrogens with zero attached hydrogens (tertiary/aromatic N) is 1. The molecule has 1 aromatic carbocycles. The molecular formula is C14H19F3N2O2. The van der Waals surface area contributed by atoms with Crippen LogP contribution in [0.25, 0.3) is 0 Å². The summed E-state index contributed by atoms with van der Waals surface area (Å²) in [7, 11) is 3.18. The van der Waals surface area contributed by atoms with E-state index in [2.05, 4.69) is 5.32 Å². The summed E-state index contributed by atoms with van der Waals surface area (Å²) in [6, 6.07) is 4.80. The summed E-state index contributed by atoms with van der Waals surface area (Å²) in [4.78, 5) is 13.2. The molecule has 0 aliphatic rings. The molecule has 0 aliphatic carbocycles. The van der Waals surface area contributed by atoms with Gasteiger partial charge in [-0.3, -0.25) is 4.79 Å². The van der Waals surface area contributed by atoms with Crippen LogP contribution < -0.4 is 5.32 Å². The molecule has 1 amide bonds. The van der Waals surface area contributed by atoms with E-state index in [9.17, 15) is 18.0 Å². The Balaban J connectivity index is 2.47. The second-order valence-corrected chi connectivity index (χ2v) is 4.61. The van der Waals surface area contributed by atoms with Crippen LogP contribution in [-0.4, -0.2) is 44.7 Å². The molecular weight excluding hydrogens is 285 g/mol. The number of amides is 1. The molecule has 4 nitrogen and oxygen atoms in total. The predicted molar refractivity (Wildman–Crippen MR) is 72.7 cm³/mol. The summed E-state index contributed by atoms with van der Waals surface area (Å²) in [6.45, 7) is 1.51. The van der Waals surface area contributed by atoms with Crippen LogP contribution in [0.15, 0.2) is 24.3 Å². The van der Waals surface area contributed by atoms with Crippen molar-refractivity contribution in [2.45, 2.75) is 12.7 Å². The molecule has 0 saturated heterocycles. The first-order chi connectivity index (χ1) is 9.84. The van der Waals surface area contributed by atoms with Gasteiger partial charge in [0.05, 0.1) is 18.7 Å². The van der Waals surface area contributed by atoms with Crippen molar-refractivity contribution >= 4 is 5.91 Å². The topological polar surface area (TPSA) is 41.6 Å². The van der Waals surface area contributed by atoms with Crippen molar-refractivity contribution in [3.05, 3.63) is 35.4 Å². The number of carbonyl (C=O) groups excluding carboxylic acids is 1. The van der Waals surface area contributed by atoms with E-state index >= 15 is 0 Å². The Morgan fingerprint density at radius 2 is 1.90 bits per heavy atom. The molecule has 21 heavy (non-hydrogen) atoms. The van der Waals surface area contributed by atoms with Crippen molar-refractivity contribution in [3.8, 4) is 0 Å². The molecule has 0 bridgehead atoms. The van der Waals surface area contributed by atoms with Crippen LogP contribution in [0.4, 0.5) is 13.2 Å². The molecule has 0 spiro atoms. The summed E-state index contributed by atoms with van der Waals surface area (Å²) in [5.41, 5.74) is -0.0443. The minimum absolute atomic E-state index is 0.133. The van der Waals surface area contributed by atoms with Crippen molar-refractivity contribution < 1.29 is 22.7 Å². The SMILES string of the molecule is COCCNCC(=O)N(C)Cc1ccc(C(F)(F)F)cc1. The van der Waals surface area contributed by atoms with E-state index in [1.807, 2.05) is 0 Å². The number of hydrogen-bond acceptors (Lipinski definition) is 3. The van der Waals surface area contributed by atoms with Crippen LogP contribution in [-0.2, 0) is 22.3 Å². The molecule has 0 radical (unpaired) electrons. The molecule has 0 unspecified atom stereocenters. The number of methoxy groups -OCH3 is 1. The quantitative estimate of drug-likeness (QED) is 0.782. The fraction of sp³-hybridized carbons (Fsp3) is 0.500. The second kappa shape index (κ2) is 7.99. The Hall–Kier alpha value is -1.60. The molecule has 0 heterocycles. The fourth-order valence-electron chi connectivity index (χ4n) is 1.67. The minimum Gasteiger partial charge on any atom is -0.383 e. The van der Waals surface area contributed by atoms with Gasteiger partial charge in [-0.1, -0.05) is 12.1 Å². The highest BCUT2D eigenvalue weighted by Crippen LogP contribution is 2.29. The Kier molecular flexibility index (Phi) is 6.64. The van der Waals surface area contributed by atoms with Crippen LogP contribution in [0.3, 0.4) is 0 Å². The van der Waals surface area contributed by atoms with Gasteiger partial charge in [0.25, 0.3) is 0 Å². The molecule has 1 aromatic rings. The van der Waals surface area contributed by atoms with Crippen LogP contribution in [0.1, 0.15) is 11.1 Å². The molecule has 0 aliphatic heterocycles. The first-order valence-corrected chi connectivity index (χ1v) is 6.44. The van der Waals surface area contributed by atoms with E-state index in [0.717, 1.165) is 12.1 Å². The normalized spacial score (nSPS) is 11.5. The van der Waals surface area contributed by atoms with E-state index in [0.29, 0.717) is 18.7 Å². The minimum atomic E-state index is -4.34. The third-order valence-electron chi connectivity index (χ3n) is 2.89. The van der Waals surface area contributed by atoms with Crippen molar-refractivity contribution in [2.75, 3.05) is 33.9 Å². The standard InChI is InChI=1S/C14H19F3N2O2/c1-19(13(20)9-18-7-8-21-2)10-11-3-5-12(6-4-11)14(15,16)17/h3-6,18H,7-10H2,1-2H3. The van der Waals surface area contributed by atoms with E-state index in [4.69, 9.17) is 4.74 Å². The number of ether oxygens (including phenoxy) is 1. The Bertz CT molecular complexity index is 447. The van der Waals surface area contributed by atoms with E-state index in [-0.39, 0.29) is 19.0 Å². The third-order valence-corrected chi connectivity index (χ3v) is 2.89. The highest BCUT2D eigenvalue weighted by atomic mass is 19.4. The van der Waals surface area contributed by atoms with Gasteiger partial charge in [-0.2, -0.15) is 13.2 Å². The summed E-state index contributed by atoms with van der Waals surface area (Å²) in [6.07, 6.45) is -4.34. The number of carbonyl (C=O) groups is 1. The molecule has 118 valence electrons. The van der Waals surface area contributed by atoms with Crippen molar-refractivity contribution in [3.63, 3.8) is 0 Å². The van der Waals surface area contributed by atoms with E-state index < -0.39 is 11.7 Å². The van der Waals surface area contributed by atoms with Gasteiger partial charge >= 0.3 is 6.18 Å². The average molecular weight is 304 g/mol. The zero-order valence-electron chi connectivity index (χ0n) is 12.0. The Morgan fingerprint density at radius 1 is 1.29 bits per heavy atom. The summed E-state index contributed by atoms with van der Waals surface area (Å²) in [5, 5.41) is 2.92. The van der Waals surface area contributed by atoms with Gasteiger partial charge < -0.3 is 15.0 Å². The summed E-state index contributed by atoms with van der Waals surface area (Å²) in [5.74, 6) is -0.133. The van der Waals surface area contributed by atoms with Crippen molar-refractivity contribution in [2.24, 2.45) is 0 Å². The lowest BCUT2D eigenvalue weighted by atomic mass is 10.1. The first kappa shape index (κ1) is 17.5. The second-order valence-electron chi connectivity index (χ2n) is 4.61. The third kappa shape index (κ3) is 6.14. The smallest absolute Gasteiger partial charge is 0.383 e. The van der Waals surface area contributed by atoms with Gasteiger partial charge in [-0.25, -0.2) is 0 Å². The lowest BCUT2D eigenvalue weighted by molar-refractivity contribution is -0.137. The summed E-state index contributed by atoms with van der Waals surface area (Å²) < 4.78 is 42.1. The van der Waals surface area contributed by atoms with Crippen molar-refractivity contribution in [1.82, 2.24) is 10.2 Å². The molecule has 1 N–H and O–H groups in total. The van der Waals surface area contributed by atoms with Gasteiger partial charge in [-0.05, 0) is 17.7 Å². The maximum Gasteiger partial charge on any atom is 0.416 e. The van der Waals surface area contributed by atoms with E-state index in [1.165, 1.54) is 17.0 Å². The van der Waals surface area contributed by atoms with Gasteiger partial charge in [0.1, 0.15) is 0 Å². The van der Waals surface area contributed by atoms with Gasteiger partial charge in [-0.15, -0.1) is 0 Å². The lowest BCUT2D eigenvalue weighted by Crippen LogP contribution is -2.36. The monoisotopic (exact) mass is 304 g/mol. The molecule has 0 aromatic heterocycles. The average Bonchev–Trinajstić information content (AvgIpc) is 2.43. The molecule has 1 rings (SSSR count). The van der Waals surface area contributed by atoms with Crippen LogP contribution in [0.5, 0.6) is 0 Å². The number of benzene rings is 1. The molecule has 0 fully saturated rings. The number of nitrogens with one attached hydrogen (secondary N) is 1. The maximum absolute atomic E-state index is 12.4. The highest BCUT2D eigenvalue weighted by Gasteiger charge is 2.29. The largest absolute Gasteiger partial charge is 0.416 e. The van der Waals surface area contributed by atoms with E-state index in [1.54, 1.807) is 14.2 Å². The molecule has 7 heteroatoms. The number of alkyl halides is 3. The zero-order valence-corrected chi connectivity index (χ0v) is 12.0. The van der Waals surface area contributed by atoms with Gasteiger partial charge in [0, 0.05) is 27.2 Å².